The van der Waals surface area contributed by atoms with Gasteiger partial charge in [-0.1, -0.05) is 61.0 Å². The molecule has 0 bridgehead atoms. The molecule has 1 aromatic heterocycles. The van der Waals surface area contributed by atoms with Crippen molar-refractivity contribution in [3.05, 3.63) is 135 Å². The molecule has 5 rings (SSSR count). The molecule has 0 saturated heterocycles. The highest BCUT2D eigenvalue weighted by molar-refractivity contribution is 6.30. The number of hydrogen-bond donors (Lipinski definition) is 2. The number of nitrogens with one attached hydrogen (secondary N) is 2. The number of anilines is 1. The SMILES string of the molecule is CCc1ccc(CCNC(=O)c2cc3c(NC(=O)COc4ccc(Cl)cc4)cccc3n(Cc3ccc(OC)cc3)c2=O)cc1. The van der Waals surface area contributed by atoms with Gasteiger partial charge in [-0.15, -0.1) is 0 Å². The topological polar surface area (TPSA) is 98.7 Å². The van der Waals surface area contributed by atoms with Crippen LogP contribution in [0.25, 0.3) is 10.9 Å². The van der Waals surface area contributed by atoms with Crippen LogP contribution in [0.3, 0.4) is 0 Å². The molecular formula is C36H34ClN3O5. The van der Waals surface area contributed by atoms with Crippen molar-refractivity contribution in [1.82, 2.24) is 9.88 Å². The van der Waals surface area contributed by atoms with Crippen molar-refractivity contribution >= 4 is 40.0 Å². The Morgan fingerprint density at radius 2 is 1.51 bits per heavy atom. The highest BCUT2D eigenvalue weighted by Gasteiger charge is 2.18. The van der Waals surface area contributed by atoms with Gasteiger partial charge in [-0.3, -0.25) is 14.4 Å². The summed E-state index contributed by atoms with van der Waals surface area (Å²) in [5, 5.41) is 6.89. The number of hydrogen-bond acceptors (Lipinski definition) is 5. The lowest BCUT2D eigenvalue weighted by Gasteiger charge is -2.16. The first-order chi connectivity index (χ1) is 21.8. The van der Waals surface area contributed by atoms with E-state index >= 15 is 0 Å². The molecule has 1 heterocycles. The van der Waals surface area contributed by atoms with Crippen molar-refractivity contribution in [3.8, 4) is 11.5 Å². The zero-order valence-electron chi connectivity index (χ0n) is 25.1. The molecule has 9 heteroatoms. The highest BCUT2D eigenvalue weighted by Crippen LogP contribution is 2.25. The fourth-order valence-corrected chi connectivity index (χ4v) is 5.09. The van der Waals surface area contributed by atoms with Crippen molar-refractivity contribution in [1.29, 1.82) is 0 Å². The molecule has 0 unspecified atom stereocenters. The van der Waals surface area contributed by atoms with E-state index in [1.807, 2.05) is 24.3 Å². The number of benzene rings is 4. The van der Waals surface area contributed by atoms with Crippen molar-refractivity contribution in [2.45, 2.75) is 26.3 Å². The van der Waals surface area contributed by atoms with Gasteiger partial charge in [-0.2, -0.15) is 0 Å². The first kappa shape index (κ1) is 31.3. The van der Waals surface area contributed by atoms with E-state index in [-0.39, 0.29) is 18.7 Å². The van der Waals surface area contributed by atoms with Gasteiger partial charge in [-0.05, 0) is 84.1 Å². The number of rotatable bonds is 12. The van der Waals surface area contributed by atoms with Gasteiger partial charge in [0.25, 0.3) is 17.4 Å². The van der Waals surface area contributed by atoms with E-state index in [9.17, 15) is 14.4 Å². The minimum absolute atomic E-state index is 0.0172. The molecule has 2 amide bonds. The lowest BCUT2D eigenvalue weighted by Crippen LogP contribution is -2.34. The number of aryl methyl sites for hydroxylation is 1. The number of ether oxygens (including phenoxy) is 2. The fourth-order valence-electron chi connectivity index (χ4n) is 4.97. The number of nitrogens with zero attached hydrogens (tertiary/aromatic N) is 1. The number of methoxy groups -OCH3 is 1. The maximum absolute atomic E-state index is 13.8. The number of fused-ring (bicyclic) bond motifs is 1. The zero-order valence-corrected chi connectivity index (χ0v) is 25.9. The minimum atomic E-state index is -0.484. The maximum atomic E-state index is 13.8. The van der Waals surface area contributed by atoms with Crippen molar-refractivity contribution in [2.24, 2.45) is 0 Å². The van der Waals surface area contributed by atoms with Crippen LogP contribution in [-0.2, 0) is 24.2 Å². The summed E-state index contributed by atoms with van der Waals surface area (Å²) in [6, 6.07) is 29.2. The Balaban J connectivity index is 1.43. The quantitative estimate of drug-likeness (QED) is 0.171. The lowest BCUT2D eigenvalue weighted by molar-refractivity contribution is -0.118. The Bertz CT molecular complexity index is 1850. The minimum Gasteiger partial charge on any atom is -0.497 e. The van der Waals surface area contributed by atoms with Crippen LogP contribution >= 0.6 is 11.6 Å². The Hall–Kier alpha value is -5.08. The summed E-state index contributed by atoms with van der Waals surface area (Å²) in [5.41, 5.74) is 3.75. The third kappa shape index (κ3) is 7.91. The normalized spacial score (nSPS) is 10.8. The van der Waals surface area contributed by atoms with Crippen LogP contribution in [0.4, 0.5) is 5.69 Å². The molecule has 0 aliphatic rings. The molecule has 0 saturated carbocycles. The predicted octanol–water partition coefficient (Wildman–Crippen LogP) is 6.26. The molecule has 0 aliphatic carbocycles. The average molecular weight is 624 g/mol. The molecule has 5 aromatic rings. The van der Waals surface area contributed by atoms with Gasteiger partial charge in [0, 0.05) is 17.0 Å². The standard InChI is InChI=1S/C36H34ClN3O5/c1-3-24-7-9-25(10-8-24)19-20-38-35(42)31-21-30-32(39-34(41)23-45-29-17-13-27(37)14-18-29)5-4-6-33(30)40(36(31)43)22-26-11-15-28(44-2)16-12-26/h4-18,21H,3,19-20,22-23H2,1-2H3,(H,38,42)(H,39,41). The number of aromatic nitrogens is 1. The van der Waals surface area contributed by atoms with E-state index in [1.54, 1.807) is 60.2 Å². The van der Waals surface area contributed by atoms with E-state index in [1.165, 1.54) is 5.56 Å². The van der Waals surface area contributed by atoms with Crippen LogP contribution in [0.15, 0.2) is 102 Å². The molecule has 8 nitrogen and oxygen atoms in total. The number of halogens is 1. The van der Waals surface area contributed by atoms with Gasteiger partial charge < -0.3 is 24.7 Å². The number of pyridine rings is 1. The Kier molecular flexibility index (Phi) is 10.2. The summed E-state index contributed by atoms with van der Waals surface area (Å²) in [6.07, 6.45) is 1.58. The third-order valence-corrected chi connectivity index (χ3v) is 7.72. The second-order valence-corrected chi connectivity index (χ2v) is 10.9. The lowest BCUT2D eigenvalue weighted by atomic mass is 10.1. The molecule has 0 atom stereocenters. The Labute approximate surface area is 266 Å². The molecule has 0 radical (unpaired) electrons. The molecule has 0 fully saturated rings. The van der Waals surface area contributed by atoms with E-state index < -0.39 is 17.4 Å². The summed E-state index contributed by atoms with van der Waals surface area (Å²) in [7, 11) is 1.59. The first-order valence-electron chi connectivity index (χ1n) is 14.7. The van der Waals surface area contributed by atoms with Crippen molar-refractivity contribution < 1.29 is 19.1 Å². The highest BCUT2D eigenvalue weighted by atomic mass is 35.5. The third-order valence-electron chi connectivity index (χ3n) is 7.47. The molecule has 0 aliphatic heterocycles. The average Bonchev–Trinajstić information content (AvgIpc) is 3.06. The summed E-state index contributed by atoms with van der Waals surface area (Å²) in [5.74, 6) is 0.313. The second-order valence-electron chi connectivity index (χ2n) is 10.5. The van der Waals surface area contributed by atoms with Gasteiger partial charge in [0.15, 0.2) is 6.61 Å². The smallest absolute Gasteiger partial charge is 0.264 e. The van der Waals surface area contributed by atoms with Gasteiger partial charge >= 0.3 is 0 Å². The van der Waals surface area contributed by atoms with E-state index in [0.29, 0.717) is 46.1 Å². The van der Waals surface area contributed by atoms with Gasteiger partial charge in [0.2, 0.25) is 0 Å². The maximum Gasteiger partial charge on any atom is 0.264 e. The molecule has 45 heavy (non-hydrogen) atoms. The van der Waals surface area contributed by atoms with Crippen LogP contribution in [-0.4, -0.2) is 36.6 Å². The van der Waals surface area contributed by atoms with Crippen molar-refractivity contribution in [2.75, 3.05) is 25.6 Å². The summed E-state index contributed by atoms with van der Waals surface area (Å²) in [4.78, 5) is 40.2. The van der Waals surface area contributed by atoms with Gasteiger partial charge in [0.1, 0.15) is 17.1 Å². The Morgan fingerprint density at radius 1 is 0.844 bits per heavy atom. The zero-order chi connectivity index (χ0) is 31.8. The number of carbonyl (C=O) groups is 2. The van der Waals surface area contributed by atoms with Crippen LogP contribution < -0.4 is 25.7 Å². The number of amides is 2. The molecule has 4 aromatic carbocycles. The molecule has 2 N–H and O–H groups in total. The van der Waals surface area contributed by atoms with Crippen LogP contribution in [0, 0.1) is 0 Å². The number of carbonyl (C=O) groups excluding carboxylic acids is 2. The van der Waals surface area contributed by atoms with E-state index in [0.717, 1.165) is 17.5 Å². The Morgan fingerprint density at radius 3 is 2.20 bits per heavy atom. The predicted molar refractivity (Wildman–Crippen MR) is 178 cm³/mol. The molecule has 0 spiro atoms. The second kappa shape index (κ2) is 14.6. The van der Waals surface area contributed by atoms with E-state index in [2.05, 4.69) is 41.8 Å². The van der Waals surface area contributed by atoms with Crippen LogP contribution in [0.2, 0.25) is 5.02 Å². The molecule has 230 valence electrons. The van der Waals surface area contributed by atoms with Gasteiger partial charge in [0.05, 0.1) is 24.9 Å². The van der Waals surface area contributed by atoms with E-state index in [4.69, 9.17) is 21.1 Å². The monoisotopic (exact) mass is 623 g/mol. The van der Waals surface area contributed by atoms with Crippen molar-refractivity contribution in [3.63, 3.8) is 0 Å². The summed E-state index contributed by atoms with van der Waals surface area (Å²) in [6.45, 7) is 2.43. The largest absolute Gasteiger partial charge is 0.497 e. The first-order valence-corrected chi connectivity index (χ1v) is 15.1. The molecular weight excluding hydrogens is 590 g/mol. The fraction of sp³-hybridized carbons (Fsp3) is 0.194. The summed E-state index contributed by atoms with van der Waals surface area (Å²) < 4.78 is 12.4. The van der Waals surface area contributed by atoms with Gasteiger partial charge in [-0.25, -0.2) is 0 Å². The van der Waals surface area contributed by atoms with Crippen LogP contribution in [0.1, 0.15) is 34.0 Å². The summed E-state index contributed by atoms with van der Waals surface area (Å²) >= 11 is 5.93. The van der Waals surface area contributed by atoms with Crippen LogP contribution in [0.5, 0.6) is 11.5 Å².